The summed E-state index contributed by atoms with van der Waals surface area (Å²) >= 11 is 0. The highest BCUT2D eigenvalue weighted by Crippen LogP contribution is 2.39. The summed E-state index contributed by atoms with van der Waals surface area (Å²) in [7, 11) is 5.24. The predicted molar refractivity (Wildman–Crippen MR) is 185 cm³/mol. The molecule has 3 aliphatic rings. The Hall–Kier alpha value is -1.91. The summed E-state index contributed by atoms with van der Waals surface area (Å²) in [6.45, 7) is 15.8. The number of hydrogen-bond donors (Lipinski definition) is 4. The van der Waals surface area contributed by atoms with Gasteiger partial charge in [-0.1, -0.05) is 20.8 Å². The van der Waals surface area contributed by atoms with Gasteiger partial charge in [0.25, 0.3) is 0 Å². The fourth-order valence-electron chi connectivity index (χ4n) is 7.68. The third-order valence-corrected chi connectivity index (χ3v) is 11.2. The number of aliphatic hydroxyl groups is 3. The molecule has 3 saturated heterocycles. The second-order valence-corrected chi connectivity index (χ2v) is 15.6. The van der Waals surface area contributed by atoms with Gasteiger partial charge in [0.1, 0.15) is 30.0 Å². The summed E-state index contributed by atoms with van der Waals surface area (Å²) in [5.41, 5.74) is -3.19. The van der Waals surface area contributed by atoms with E-state index < -0.39 is 89.7 Å². The molecule has 14 nitrogen and oxygen atoms in total. The second-order valence-electron chi connectivity index (χ2n) is 15.6. The monoisotopic (exact) mass is 715 g/mol. The van der Waals surface area contributed by atoms with Crippen LogP contribution in [0.3, 0.4) is 0 Å². The van der Waals surface area contributed by atoms with E-state index in [2.05, 4.69) is 10.2 Å². The number of cyclic esters (lactones) is 1. The van der Waals surface area contributed by atoms with Gasteiger partial charge in [-0.3, -0.25) is 14.4 Å². The number of ether oxygens (including phenoxy) is 5. The first-order chi connectivity index (χ1) is 23.3. The first-order valence-corrected chi connectivity index (χ1v) is 18.3. The van der Waals surface area contributed by atoms with Crippen molar-refractivity contribution in [3.05, 3.63) is 0 Å². The van der Waals surface area contributed by atoms with E-state index in [1.807, 2.05) is 25.9 Å². The van der Waals surface area contributed by atoms with Crippen LogP contribution in [0.25, 0.3) is 0 Å². The largest absolute Gasteiger partial charge is 0.461 e. The van der Waals surface area contributed by atoms with Crippen LogP contribution < -0.4 is 5.32 Å². The van der Waals surface area contributed by atoms with Gasteiger partial charge in [-0.05, 0) is 87.5 Å². The van der Waals surface area contributed by atoms with Gasteiger partial charge in [-0.25, -0.2) is 0 Å². The zero-order valence-corrected chi connectivity index (χ0v) is 32.1. The van der Waals surface area contributed by atoms with Gasteiger partial charge in [-0.15, -0.1) is 0 Å². The van der Waals surface area contributed by atoms with Crippen molar-refractivity contribution in [3.8, 4) is 0 Å². The van der Waals surface area contributed by atoms with E-state index in [0.29, 0.717) is 13.0 Å². The van der Waals surface area contributed by atoms with Crippen molar-refractivity contribution < 1.29 is 53.4 Å². The zero-order chi connectivity index (χ0) is 37.7. The van der Waals surface area contributed by atoms with Crippen LogP contribution in [0.15, 0.2) is 0 Å². The molecule has 0 saturated carbocycles. The van der Waals surface area contributed by atoms with Crippen molar-refractivity contribution in [2.24, 2.45) is 17.8 Å². The van der Waals surface area contributed by atoms with Crippen LogP contribution in [0.5, 0.6) is 0 Å². The third-order valence-electron chi connectivity index (χ3n) is 11.2. The topological polar surface area (TPSA) is 177 Å². The van der Waals surface area contributed by atoms with Crippen LogP contribution in [0.4, 0.5) is 0 Å². The van der Waals surface area contributed by atoms with Crippen molar-refractivity contribution >= 4 is 17.8 Å². The van der Waals surface area contributed by atoms with Gasteiger partial charge >= 0.3 is 11.9 Å². The molecule has 0 spiro atoms. The number of nitrogens with zero attached hydrogens (tertiary/aromatic N) is 2. The Morgan fingerprint density at radius 3 is 2.28 bits per heavy atom. The standard InChI is InChI=1S/C36H65N3O11/c1-12-26-36(8,45)30(42)24(6)37-32(43)20(2)19-35(7,46-11)31(50-34-28(41)25(38(9)10)18-21(3)47-34)22(4)29(23(5)33(44)48-26)49-27(40)14-17-39-15-13-16-39/h20-26,28-31,34,41-42,45H,12-19H2,1-11H3,(H,37,43)/t20-,21-,22+,23-,24-,25+,26-,28+,29+,30-,31-,34+,35-,36-/m1/s1. The Morgan fingerprint density at radius 2 is 1.74 bits per heavy atom. The Labute approximate surface area is 298 Å². The lowest BCUT2D eigenvalue weighted by Gasteiger charge is -2.48. The van der Waals surface area contributed by atoms with Crippen LogP contribution in [-0.2, 0) is 38.1 Å². The van der Waals surface area contributed by atoms with Gasteiger partial charge < -0.3 is 54.1 Å². The molecule has 3 fully saturated rings. The fourth-order valence-corrected chi connectivity index (χ4v) is 7.68. The molecule has 14 atom stereocenters. The van der Waals surface area contributed by atoms with Crippen LogP contribution >= 0.6 is 0 Å². The fraction of sp³-hybridized carbons (Fsp3) is 0.917. The van der Waals surface area contributed by atoms with E-state index in [4.69, 9.17) is 23.7 Å². The summed E-state index contributed by atoms with van der Waals surface area (Å²) in [5, 5.41) is 37.0. The van der Waals surface area contributed by atoms with Crippen molar-refractivity contribution in [1.82, 2.24) is 15.1 Å². The smallest absolute Gasteiger partial charge is 0.312 e. The molecule has 14 heteroatoms. The summed E-state index contributed by atoms with van der Waals surface area (Å²) in [4.78, 5) is 45.1. The maximum Gasteiger partial charge on any atom is 0.312 e. The van der Waals surface area contributed by atoms with Crippen molar-refractivity contribution in [3.63, 3.8) is 0 Å². The molecular weight excluding hydrogens is 650 g/mol. The molecule has 290 valence electrons. The lowest BCUT2D eigenvalue weighted by molar-refractivity contribution is -0.301. The summed E-state index contributed by atoms with van der Waals surface area (Å²) in [6.07, 6.45) is -5.17. The van der Waals surface area contributed by atoms with Crippen LogP contribution in [0.1, 0.15) is 87.5 Å². The molecular formula is C36H65N3O11. The molecule has 3 aliphatic heterocycles. The van der Waals surface area contributed by atoms with Crippen LogP contribution in [0.2, 0.25) is 0 Å². The molecule has 4 N–H and O–H groups in total. The minimum Gasteiger partial charge on any atom is -0.461 e. The van der Waals surface area contributed by atoms with Gasteiger partial charge in [0.2, 0.25) is 5.91 Å². The maximum absolute atomic E-state index is 14.0. The minimum absolute atomic E-state index is 0.102. The molecule has 0 aromatic rings. The van der Waals surface area contributed by atoms with E-state index in [-0.39, 0.29) is 31.4 Å². The highest BCUT2D eigenvalue weighted by atomic mass is 16.7. The number of nitrogens with one attached hydrogen (secondary N) is 1. The molecule has 0 aromatic carbocycles. The number of carbonyl (C=O) groups excluding carboxylic acids is 3. The number of methoxy groups -OCH3 is 1. The number of hydrogen-bond acceptors (Lipinski definition) is 13. The third kappa shape index (κ3) is 9.94. The van der Waals surface area contributed by atoms with Crippen LogP contribution in [-0.4, -0.2) is 150 Å². The molecule has 0 radical (unpaired) electrons. The number of aliphatic hydroxyl groups excluding tert-OH is 2. The number of rotatable bonds is 9. The van der Waals surface area contributed by atoms with E-state index >= 15 is 0 Å². The lowest BCUT2D eigenvalue weighted by atomic mass is 9.77. The Bertz CT molecular complexity index is 1140. The zero-order valence-electron chi connectivity index (χ0n) is 32.1. The summed E-state index contributed by atoms with van der Waals surface area (Å²) < 4.78 is 31.1. The summed E-state index contributed by atoms with van der Waals surface area (Å²) in [6, 6.07) is -1.19. The Morgan fingerprint density at radius 1 is 1.10 bits per heavy atom. The molecule has 3 heterocycles. The van der Waals surface area contributed by atoms with Crippen molar-refractivity contribution in [2.75, 3.05) is 40.8 Å². The number of likely N-dealkylation sites (tertiary alicyclic amines) is 1. The van der Waals surface area contributed by atoms with Gasteiger partial charge in [-0.2, -0.15) is 0 Å². The van der Waals surface area contributed by atoms with Crippen LogP contribution in [0, 0.1) is 17.8 Å². The van der Waals surface area contributed by atoms with Crippen molar-refractivity contribution in [2.45, 2.75) is 154 Å². The molecule has 3 rings (SSSR count). The normalized spacial score (nSPS) is 42.9. The first kappa shape index (κ1) is 42.5. The highest BCUT2D eigenvalue weighted by molar-refractivity contribution is 5.79. The maximum atomic E-state index is 14.0. The number of amides is 1. The molecule has 50 heavy (non-hydrogen) atoms. The summed E-state index contributed by atoms with van der Waals surface area (Å²) in [5.74, 6) is -4.17. The first-order valence-electron chi connectivity index (χ1n) is 18.3. The molecule has 0 bridgehead atoms. The van der Waals surface area contributed by atoms with E-state index in [0.717, 1.165) is 19.5 Å². The van der Waals surface area contributed by atoms with Gasteiger partial charge in [0.15, 0.2) is 6.29 Å². The number of likely N-dealkylation sites (N-methyl/N-ethyl adjacent to an activating group) is 1. The van der Waals surface area contributed by atoms with Gasteiger partial charge in [0.05, 0.1) is 36.2 Å². The highest BCUT2D eigenvalue weighted by Gasteiger charge is 2.52. The average molecular weight is 716 g/mol. The Balaban J connectivity index is 2.13. The Kier molecular flexibility index (Phi) is 15.1. The SMILES string of the molecule is CC[C@H]1OC(=O)[C@H](C)[C@@H](OC(=O)CCN2CCC2)[C@H](C)[C@@H](O[C@@H]2O[C@H](C)C[C@H](N(C)C)[C@@H]2O)[C@](C)(OC)C[C@@H](C)C(=O)N[C@H](C)[C@@H](O)[C@]1(C)O. The predicted octanol–water partition coefficient (Wildman–Crippen LogP) is 1.46. The molecule has 0 aromatic heterocycles. The van der Waals surface area contributed by atoms with Gasteiger partial charge in [0, 0.05) is 31.5 Å². The molecule has 1 amide bonds. The van der Waals surface area contributed by atoms with E-state index in [1.165, 1.54) is 14.0 Å². The van der Waals surface area contributed by atoms with E-state index in [9.17, 15) is 29.7 Å². The second kappa shape index (κ2) is 17.7. The van der Waals surface area contributed by atoms with E-state index in [1.54, 1.807) is 41.5 Å². The quantitative estimate of drug-likeness (QED) is 0.253. The average Bonchev–Trinajstić information content (AvgIpc) is 3.03. The molecule has 0 aliphatic carbocycles. The number of carbonyl (C=O) groups is 3. The molecule has 0 unspecified atom stereocenters. The lowest BCUT2D eigenvalue weighted by Crippen LogP contribution is -2.60. The van der Waals surface area contributed by atoms with Crippen molar-refractivity contribution in [1.29, 1.82) is 0 Å². The minimum atomic E-state index is -1.93. The number of esters is 2.